The van der Waals surface area contributed by atoms with Gasteiger partial charge in [0.1, 0.15) is 6.04 Å². The summed E-state index contributed by atoms with van der Waals surface area (Å²) in [6.45, 7) is -0.397. The zero-order chi connectivity index (χ0) is 16.0. The minimum atomic E-state index is -4.39. The number of alkyl halides is 3. The van der Waals surface area contributed by atoms with Gasteiger partial charge < -0.3 is 5.11 Å². The molecule has 5 heteroatoms. The largest absolute Gasteiger partial charge is 0.404 e. The fourth-order valence-electron chi connectivity index (χ4n) is 2.30. The molecule has 0 fully saturated rings. The van der Waals surface area contributed by atoms with Gasteiger partial charge in [0.05, 0.1) is 12.6 Å². The highest BCUT2D eigenvalue weighted by Gasteiger charge is 2.40. The molecule has 0 spiro atoms. The van der Waals surface area contributed by atoms with Gasteiger partial charge in [0.2, 0.25) is 0 Å². The Morgan fingerprint density at radius 1 is 0.909 bits per heavy atom. The van der Waals surface area contributed by atoms with Crippen LogP contribution in [-0.4, -0.2) is 23.9 Å². The van der Waals surface area contributed by atoms with Gasteiger partial charge in [-0.05, 0) is 17.5 Å². The third-order valence-electron chi connectivity index (χ3n) is 3.46. The van der Waals surface area contributed by atoms with Crippen molar-refractivity contribution < 1.29 is 18.3 Å². The molecule has 0 aromatic heterocycles. The molecule has 2 aromatic rings. The average molecular weight is 309 g/mol. The van der Waals surface area contributed by atoms with E-state index in [1.807, 2.05) is 0 Å². The van der Waals surface area contributed by atoms with Gasteiger partial charge in [0.25, 0.3) is 0 Å². The number of benzene rings is 2. The molecule has 0 unspecified atom stereocenters. The minimum absolute atomic E-state index is 0.173. The van der Waals surface area contributed by atoms with Gasteiger partial charge in [-0.25, -0.2) is 0 Å². The van der Waals surface area contributed by atoms with Crippen molar-refractivity contribution >= 4 is 0 Å². The molecule has 0 aliphatic rings. The van der Waals surface area contributed by atoms with E-state index >= 15 is 0 Å². The number of aliphatic hydroxyl groups is 1. The van der Waals surface area contributed by atoms with Gasteiger partial charge in [0, 0.05) is 0 Å². The molecule has 0 bridgehead atoms. The van der Waals surface area contributed by atoms with Gasteiger partial charge in [0.15, 0.2) is 0 Å². The van der Waals surface area contributed by atoms with Gasteiger partial charge in [-0.3, -0.25) is 5.32 Å². The van der Waals surface area contributed by atoms with E-state index in [4.69, 9.17) is 0 Å². The highest BCUT2D eigenvalue weighted by Crippen LogP contribution is 2.26. The van der Waals surface area contributed by atoms with Crippen molar-refractivity contribution in [3.63, 3.8) is 0 Å². The van der Waals surface area contributed by atoms with Crippen molar-refractivity contribution in [2.75, 3.05) is 6.61 Å². The molecule has 0 saturated carbocycles. The lowest BCUT2D eigenvalue weighted by Gasteiger charge is -2.27. The first-order valence-electron chi connectivity index (χ1n) is 7.03. The maximum absolute atomic E-state index is 13.3. The smallest absolute Gasteiger partial charge is 0.394 e. The quantitative estimate of drug-likeness (QED) is 0.856. The van der Waals surface area contributed by atoms with Crippen molar-refractivity contribution in [3.8, 4) is 0 Å². The number of nitrogens with one attached hydrogen (secondary N) is 1. The Morgan fingerprint density at radius 2 is 1.45 bits per heavy atom. The van der Waals surface area contributed by atoms with E-state index in [1.165, 1.54) is 0 Å². The van der Waals surface area contributed by atoms with Crippen molar-refractivity contribution in [3.05, 3.63) is 71.8 Å². The van der Waals surface area contributed by atoms with E-state index in [2.05, 4.69) is 5.32 Å². The van der Waals surface area contributed by atoms with Crippen LogP contribution in [0.5, 0.6) is 0 Å². The van der Waals surface area contributed by atoms with E-state index in [-0.39, 0.29) is 6.42 Å². The normalized spacial score (nSPS) is 14.5. The Hall–Kier alpha value is -1.85. The van der Waals surface area contributed by atoms with Crippen LogP contribution in [0.1, 0.15) is 17.2 Å². The molecule has 0 amide bonds. The number of aliphatic hydroxyl groups excluding tert-OH is 1. The second-order valence-corrected chi connectivity index (χ2v) is 5.10. The highest BCUT2D eigenvalue weighted by atomic mass is 19.4. The molecule has 2 N–H and O–H groups in total. The second kappa shape index (κ2) is 7.42. The van der Waals surface area contributed by atoms with Crippen LogP contribution in [0.25, 0.3) is 0 Å². The zero-order valence-electron chi connectivity index (χ0n) is 11.9. The maximum atomic E-state index is 13.3. The van der Waals surface area contributed by atoms with Crippen LogP contribution < -0.4 is 5.32 Å². The molecule has 0 heterocycles. The van der Waals surface area contributed by atoms with E-state index < -0.39 is 24.9 Å². The molecule has 22 heavy (non-hydrogen) atoms. The fourth-order valence-corrected chi connectivity index (χ4v) is 2.30. The van der Waals surface area contributed by atoms with E-state index in [0.717, 1.165) is 0 Å². The first-order chi connectivity index (χ1) is 10.5. The van der Waals surface area contributed by atoms with Crippen LogP contribution >= 0.6 is 0 Å². The Morgan fingerprint density at radius 3 is 1.95 bits per heavy atom. The summed E-state index contributed by atoms with van der Waals surface area (Å²) < 4.78 is 39.8. The number of hydrogen-bond donors (Lipinski definition) is 2. The number of rotatable bonds is 6. The van der Waals surface area contributed by atoms with Crippen molar-refractivity contribution in [2.45, 2.75) is 24.7 Å². The van der Waals surface area contributed by atoms with Crippen LogP contribution in [0.3, 0.4) is 0 Å². The summed E-state index contributed by atoms with van der Waals surface area (Å²) in [5, 5.41) is 12.0. The van der Waals surface area contributed by atoms with Crippen LogP contribution in [0.15, 0.2) is 60.7 Å². The predicted molar refractivity (Wildman–Crippen MR) is 79.4 cm³/mol. The van der Waals surface area contributed by atoms with Crippen LogP contribution in [0.2, 0.25) is 0 Å². The van der Waals surface area contributed by atoms with Crippen LogP contribution in [0.4, 0.5) is 13.2 Å². The lowest BCUT2D eigenvalue weighted by Crippen LogP contribution is -2.46. The van der Waals surface area contributed by atoms with Crippen molar-refractivity contribution in [1.82, 2.24) is 5.32 Å². The molecule has 0 aliphatic carbocycles. The zero-order valence-corrected chi connectivity index (χ0v) is 11.9. The maximum Gasteiger partial charge on any atom is 0.404 e. The molecule has 2 nitrogen and oxygen atoms in total. The van der Waals surface area contributed by atoms with Crippen LogP contribution in [0, 0.1) is 0 Å². The first-order valence-corrected chi connectivity index (χ1v) is 7.03. The number of halogens is 3. The topological polar surface area (TPSA) is 32.3 Å². The molecular weight excluding hydrogens is 291 g/mol. The molecule has 2 rings (SSSR count). The molecule has 2 aromatic carbocycles. The number of hydrogen-bond acceptors (Lipinski definition) is 2. The third kappa shape index (κ3) is 4.58. The lowest BCUT2D eigenvalue weighted by atomic mass is 10.0. The summed E-state index contributed by atoms with van der Waals surface area (Å²) in [5.41, 5.74) is 1.23. The third-order valence-corrected chi connectivity index (χ3v) is 3.46. The summed E-state index contributed by atoms with van der Waals surface area (Å²) in [6, 6.07) is 14.7. The molecular formula is C17H18F3NO. The van der Waals surface area contributed by atoms with E-state index in [9.17, 15) is 18.3 Å². The monoisotopic (exact) mass is 309 g/mol. The van der Waals surface area contributed by atoms with Crippen molar-refractivity contribution in [1.29, 1.82) is 0 Å². The SMILES string of the molecule is OC[C@H](N[C@@H](Cc1ccccc1)C(F)(F)F)c1ccccc1. The van der Waals surface area contributed by atoms with Gasteiger partial charge in [-0.2, -0.15) is 13.2 Å². The summed E-state index contributed by atoms with van der Waals surface area (Å²) >= 11 is 0. The minimum Gasteiger partial charge on any atom is -0.394 e. The Balaban J connectivity index is 2.15. The van der Waals surface area contributed by atoms with Crippen LogP contribution in [-0.2, 0) is 6.42 Å². The molecule has 0 saturated heterocycles. The summed E-state index contributed by atoms with van der Waals surface area (Å²) in [4.78, 5) is 0. The first kappa shape index (κ1) is 16.5. The van der Waals surface area contributed by atoms with Gasteiger partial charge in [-0.1, -0.05) is 60.7 Å². The summed E-state index contributed by atoms with van der Waals surface area (Å²) in [7, 11) is 0. The van der Waals surface area contributed by atoms with E-state index in [1.54, 1.807) is 60.7 Å². The van der Waals surface area contributed by atoms with Gasteiger partial charge in [-0.15, -0.1) is 0 Å². The fraction of sp³-hybridized carbons (Fsp3) is 0.294. The Kier molecular flexibility index (Phi) is 5.57. The predicted octanol–water partition coefficient (Wildman–Crippen LogP) is 3.48. The summed E-state index contributed by atoms with van der Waals surface area (Å²) in [6.07, 6.45) is -4.56. The molecule has 0 aliphatic heterocycles. The van der Waals surface area contributed by atoms with Crippen molar-refractivity contribution in [2.24, 2.45) is 0 Å². The molecule has 0 radical (unpaired) electrons. The van der Waals surface area contributed by atoms with Gasteiger partial charge >= 0.3 is 6.18 Å². The Bertz CT molecular complexity index is 557. The second-order valence-electron chi connectivity index (χ2n) is 5.10. The summed E-state index contributed by atoms with van der Waals surface area (Å²) in [5.74, 6) is 0. The lowest BCUT2D eigenvalue weighted by molar-refractivity contribution is -0.158. The van der Waals surface area contributed by atoms with E-state index in [0.29, 0.717) is 11.1 Å². The molecule has 118 valence electrons. The standard InChI is InChI=1S/C17H18F3NO/c18-17(19,20)16(11-13-7-3-1-4-8-13)21-15(12-22)14-9-5-2-6-10-14/h1-10,15-16,21-22H,11-12H2/t15-,16-/m0/s1. The Labute approximate surface area is 127 Å². The average Bonchev–Trinajstić information content (AvgIpc) is 2.52. The highest BCUT2D eigenvalue weighted by molar-refractivity contribution is 5.20. The molecule has 2 atom stereocenters.